The monoisotopic (exact) mass is 516 g/mol. The number of guanidine groups is 1. The van der Waals surface area contributed by atoms with Crippen LogP contribution in [0.3, 0.4) is 0 Å². The summed E-state index contributed by atoms with van der Waals surface area (Å²) in [4.78, 5) is 15.9. The highest BCUT2D eigenvalue weighted by Gasteiger charge is 2.16. The Morgan fingerprint density at radius 3 is 2.52 bits per heavy atom. The standard InChI is InChI=1S/C20H29FN6O.HI/c1-14-11-15(2)27(26-14)10-4-9-24-20(23-3)25-13-17(19(22)28)12-16-5-7-18(21)8-6-16;/h5-8,11,17H,4,9-10,12-13H2,1-3H3,(H2,22,28)(H2,23,24,25);1H. The molecule has 1 amide bonds. The molecule has 0 saturated heterocycles. The number of halogens is 2. The number of nitrogens with two attached hydrogens (primary N) is 1. The molecule has 29 heavy (non-hydrogen) atoms. The van der Waals surface area contributed by atoms with E-state index in [-0.39, 0.29) is 29.8 Å². The Labute approximate surface area is 188 Å². The number of amides is 1. The molecule has 9 heteroatoms. The van der Waals surface area contributed by atoms with Crippen molar-refractivity contribution in [1.29, 1.82) is 0 Å². The van der Waals surface area contributed by atoms with Crippen LogP contribution in [0.1, 0.15) is 23.4 Å². The van der Waals surface area contributed by atoms with E-state index in [0.717, 1.165) is 36.5 Å². The molecule has 0 aliphatic rings. The molecule has 1 atom stereocenters. The number of nitrogens with zero attached hydrogens (tertiary/aromatic N) is 3. The molecule has 0 saturated carbocycles. The van der Waals surface area contributed by atoms with Gasteiger partial charge in [0.2, 0.25) is 5.91 Å². The van der Waals surface area contributed by atoms with Crippen LogP contribution in [0.15, 0.2) is 35.3 Å². The summed E-state index contributed by atoms with van der Waals surface area (Å²) >= 11 is 0. The van der Waals surface area contributed by atoms with E-state index >= 15 is 0 Å². The number of hydrogen-bond acceptors (Lipinski definition) is 3. The number of aliphatic imine (C=N–C) groups is 1. The summed E-state index contributed by atoms with van der Waals surface area (Å²) in [6, 6.07) is 8.14. The van der Waals surface area contributed by atoms with Crippen LogP contribution in [0, 0.1) is 25.6 Å². The van der Waals surface area contributed by atoms with Crippen molar-refractivity contribution < 1.29 is 9.18 Å². The Morgan fingerprint density at radius 2 is 1.97 bits per heavy atom. The van der Waals surface area contributed by atoms with Gasteiger partial charge in [0.25, 0.3) is 0 Å². The van der Waals surface area contributed by atoms with Crippen LogP contribution in [0.25, 0.3) is 0 Å². The summed E-state index contributed by atoms with van der Waals surface area (Å²) in [5.74, 6) is -0.517. The summed E-state index contributed by atoms with van der Waals surface area (Å²) in [5.41, 5.74) is 8.54. The first-order valence-electron chi connectivity index (χ1n) is 9.38. The van der Waals surface area contributed by atoms with Gasteiger partial charge in [-0.15, -0.1) is 24.0 Å². The van der Waals surface area contributed by atoms with Gasteiger partial charge < -0.3 is 16.4 Å². The quantitative estimate of drug-likeness (QED) is 0.206. The number of carbonyl (C=O) groups is 1. The Kier molecular flexibility index (Phi) is 10.6. The van der Waals surface area contributed by atoms with Crippen molar-refractivity contribution in [3.05, 3.63) is 53.1 Å². The maximum atomic E-state index is 13.0. The van der Waals surface area contributed by atoms with Crippen molar-refractivity contribution in [1.82, 2.24) is 20.4 Å². The number of primary amides is 1. The number of hydrogen-bond donors (Lipinski definition) is 3. The van der Waals surface area contributed by atoms with Gasteiger partial charge in [-0.05, 0) is 50.5 Å². The van der Waals surface area contributed by atoms with E-state index in [2.05, 4.69) is 26.8 Å². The number of benzene rings is 1. The van der Waals surface area contributed by atoms with Crippen molar-refractivity contribution in [2.45, 2.75) is 33.2 Å². The third kappa shape index (κ3) is 8.38. The van der Waals surface area contributed by atoms with E-state index in [1.165, 1.54) is 12.1 Å². The predicted octanol–water partition coefficient (Wildman–Crippen LogP) is 2.16. The number of rotatable bonds is 9. The summed E-state index contributed by atoms with van der Waals surface area (Å²) in [6.45, 7) is 5.91. The lowest BCUT2D eigenvalue weighted by atomic mass is 9.98. The van der Waals surface area contributed by atoms with E-state index in [1.54, 1.807) is 19.2 Å². The first kappa shape index (κ1) is 24.9. The fraction of sp³-hybridized carbons (Fsp3) is 0.450. The second-order valence-corrected chi connectivity index (χ2v) is 6.81. The Morgan fingerprint density at radius 1 is 1.28 bits per heavy atom. The highest BCUT2D eigenvalue weighted by molar-refractivity contribution is 14.0. The van der Waals surface area contributed by atoms with Gasteiger partial charge in [-0.25, -0.2) is 4.39 Å². The molecule has 160 valence electrons. The molecule has 1 unspecified atom stereocenters. The van der Waals surface area contributed by atoms with Crippen LogP contribution in [-0.2, 0) is 17.8 Å². The van der Waals surface area contributed by atoms with E-state index in [4.69, 9.17) is 5.73 Å². The molecule has 0 bridgehead atoms. The largest absolute Gasteiger partial charge is 0.369 e. The first-order chi connectivity index (χ1) is 13.4. The average molecular weight is 516 g/mol. The van der Waals surface area contributed by atoms with Crippen molar-refractivity contribution in [3.8, 4) is 0 Å². The lowest BCUT2D eigenvalue weighted by Crippen LogP contribution is -2.43. The van der Waals surface area contributed by atoms with Gasteiger partial charge in [0.15, 0.2) is 5.96 Å². The number of aryl methyl sites for hydroxylation is 3. The van der Waals surface area contributed by atoms with Gasteiger partial charge in [0, 0.05) is 32.4 Å². The smallest absolute Gasteiger partial charge is 0.222 e. The van der Waals surface area contributed by atoms with Gasteiger partial charge in [0.05, 0.1) is 11.6 Å². The number of aromatic nitrogens is 2. The van der Waals surface area contributed by atoms with E-state index in [1.807, 2.05) is 18.5 Å². The molecule has 4 N–H and O–H groups in total. The first-order valence-corrected chi connectivity index (χ1v) is 9.38. The molecular formula is C20H30FIN6O. The summed E-state index contributed by atoms with van der Waals surface area (Å²) < 4.78 is 15.0. The summed E-state index contributed by atoms with van der Waals surface area (Å²) in [6.07, 6.45) is 1.33. The molecular weight excluding hydrogens is 486 g/mol. The highest BCUT2D eigenvalue weighted by atomic mass is 127. The van der Waals surface area contributed by atoms with Gasteiger partial charge in [-0.3, -0.25) is 14.5 Å². The van der Waals surface area contributed by atoms with Crippen molar-refractivity contribution in [2.75, 3.05) is 20.1 Å². The maximum Gasteiger partial charge on any atom is 0.222 e. The topological polar surface area (TPSA) is 97.3 Å². The van der Waals surface area contributed by atoms with Crippen LogP contribution < -0.4 is 16.4 Å². The summed E-state index contributed by atoms with van der Waals surface area (Å²) in [5, 5.41) is 10.8. The molecule has 1 aromatic carbocycles. The Hall–Kier alpha value is -2.17. The molecule has 0 aliphatic heterocycles. The zero-order chi connectivity index (χ0) is 20.5. The SMILES string of the molecule is CN=C(NCCCn1nc(C)cc1C)NCC(Cc1ccc(F)cc1)C(N)=O.I. The lowest BCUT2D eigenvalue weighted by molar-refractivity contribution is -0.121. The van der Waals surface area contributed by atoms with Gasteiger partial charge >= 0.3 is 0 Å². The Balaban J connectivity index is 0.00000420. The molecule has 1 aromatic heterocycles. The normalized spacial score (nSPS) is 12.2. The molecule has 0 fully saturated rings. The second kappa shape index (κ2) is 12.4. The number of nitrogens with one attached hydrogen (secondary N) is 2. The molecule has 7 nitrogen and oxygen atoms in total. The zero-order valence-corrected chi connectivity index (χ0v) is 19.4. The minimum atomic E-state index is -0.418. The van der Waals surface area contributed by atoms with Crippen molar-refractivity contribution >= 4 is 35.8 Å². The minimum absolute atomic E-state index is 0. The molecule has 1 heterocycles. The molecule has 0 aliphatic carbocycles. The fourth-order valence-corrected chi connectivity index (χ4v) is 2.96. The third-order valence-electron chi connectivity index (χ3n) is 4.48. The molecule has 0 spiro atoms. The van der Waals surface area contributed by atoms with Gasteiger partial charge in [-0.2, -0.15) is 5.10 Å². The second-order valence-electron chi connectivity index (χ2n) is 6.81. The van der Waals surface area contributed by atoms with Crippen LogP contribution in [0.4, 0.5) is 4.39 Å². The van der Waals surface area contributed by atoms with E-state index in [0.29, 0.717) is 18.9 Å². The van der Waals surface area contributed by atoms with Crippen LogP contribution in [-0.4, -0.2) is 41.8 Å². The van der Waals surface area contributed by atoms with E-state index < -0.39 is 11.8 Å². The average Bonchev–Trinajstić information content (AvgIpc) is 2.98. The maximum absolute atomic E-state index is 13.0. The zero-order valence-electron chi connectivity index (χ0n) is 17.1. The summed E-state index contributed by atoms with van der Waals surface area (Å²) in [7, 11) is 1.68. The van der Waals surface area contributed by atoms with Crippen LogP contribution >= 0.6 is 24.0 Å². The number of carbonyl (C=O) groups excluding carboxylic acids is 1. The fourth-order valence-electron chi connectivity index (χ4n) is 2.96. The minimum Gasteiger partial charge on any atom is -0.369 e. The van der Waals surface area contributed by atoms with Crippen molar-refractivity contribution in [3.63, 3.8) is 0 Å². The van der Waals surface area contributed by atoms with Crippen LogP contribution in [0.5, 0.6) is 0 Å². The third-order valence-corrected chi connectivity index (χ3v) is 4.48. The predicted molar refractivity (Wildman–Crippen MR) is 124 cm³/mol. The highest BCUT2D eigenvalue weighted by Crippen LogP contribution is 2.09. The van der Waals surface area contributed by atoms with Crippen LogP contribution in [0.2, 0.25) is 0 Å². The molecule has 2 rings (SSSR count). The van der Waals surface area contributed by atoms with Gasteiger partial charge in [0.1, 0.15) is 5.82 Å². The Bertz CT molecular complexity index is 806. The molecule has 0 radical (unpaired) electrons. The molecule has 2 aromatic rings. The van der Waals surface area contributed by atoms with Gasteiger partial charge in [-0.1, -0.05) is 12.1 Å². The lowest BCUT2D eigenvalue weighted by Gasteiger charge is -2.17. The van der Waals surface area contributed by atoms with E-state index in [9.17, 15) is 9.18 Å². The van der Waals surface area contributed by atoms with Crippen molar-refractivity contribution in [2.24, 2.45) is 16.6 Å².